The van der Waals surface area contributed by atoms with E-state index >= 15 is 0 Å². The largest absolute Gasteiger partial charge is 0.342 e. The molecule has 1 aromatic rings. The van der Waals surface area contributed by atoms with Crippen LogP contribution in [-0.4, -0.2) is 48.4 Å². The smallest absolute Gasteiger partial charge is 0.236 e. The van der Waals surface area contributed by atoms with Crippen molar-refractivity contribution < 1.29 is 4.79 Å². The lowest BCUT2D eigenvalue weighted by molar-refractivity contribution is -0.134. The molecule has 0 bridgehead atoms. The van der Waals surface area contributed by atoms with Gasteiger partial charge in [-0.2, -0.15) is 0 Å². The van der Waals surface area contributed by atoms with Crippen molar-refractivity contribution in [1.82, 2.24) is 9.80 Å². The van der Waals surface area contributed by atoms with Crippen LogP contribution in [0.25, 0.3) is 0 Å². The van der Waals surface area contributed by atoms with E-state index in [1.165, 1.54) is 36.8 Å². The van der Waals surface area contributed by atoms with Gasteiger partial charge in [0.2, 0.25) is 5.91 Å². The lowest BCUT2D eigenvalue weighted by Crippen LogP contribution is -2.46. The second kappa shape index (κ2) is 9.23. The number of hydrogen-bond acceptors (Lipinski definition) is 2. The summed E-state index contributed by atoms with van der Waals surface area (Å²) in [7, 11) is 0. The molecular weight excluding hydrogens is 332 g/mol. The third-order valence-corrected chi connectivity index (χ3v) is 6.86. The predicted octanol–water partition coefficient (Wildman–Crippen LogP) is 4.88. The molecular formula is C24H38N2O. The molecule has 2 saturated heterocycles. The second-order valence-electron chi connectivity index (χ2n) is 9.33. The fourth-order valence-corrected chi connectivity index (χ4v) is 4.68. The predicted molar refractivity (Wildman–Crippen MR) is 113 cm³/mol. The molecule has 0 unspecified atom stereocenters. The number of carbonyl (C=O) groups excluding carboxylic acids is 1. The number of nitrogens with zero attached hydrogens (tertiary/aromatic N) is 2. The Balaban J connectivity index is 1.43. The summed E-state index contributed by atoms with van der Waals surface area (Å²) in [6.07, 6.45) is 4.70. The number of likely N-dealkylation sites (tertiary alicyclic amines) is 2. The van der Waals surface area contributed by atoms with Crippen LogP contribution in [0.2, 0.25) is 0 Å². The summed E-state index contributed by atoms with van der Waals surface area (Å²) in [6, 6.07) is 9.22. The molecule has 0 N–H and O–H groups in total. The van der Waals surface area contributed by atoms with Crippen molar-refractivity contribution in [1.29, 1.82) is 0 Å². The number of rotatable bonds is 5. The van der Waals surface area contributed by atoms with Crippen LogP contribution in [0.1, 0.15) is 76.3 Å². The van der Waals surface area contributed by atoms with Gasteiger partial charge < -0.3 is 4.90 Å². The average Bonchev–Trinajstić information content (AvgIpc) is 2.68. The van der Waals surface area contributed by atoms with Gasteiger partial charge in [-0.15, -0.1) is 0 Å². The highest BCUT2D eigenvalue weighted by Gasteiger charge is 2.27. The lowest BCUT2D eigenvalue weighted by atomic mass is 9.86. The third kappa shape index (κ3) is 5.34. The van der Waals surface area contributed by atoms with Gasteiger partial charge in [-0.1, -0.05) is 52.0 Å². The second-order valence-corrected chi connectivity index (χ2v) is 9.33. The van der Waals surface area contributed by atoms with Crippen LogP contribution in [-0.2, 0) is 4.79 Å². The van der Waals surface area contributed by atoms with Crippen LogP contribution >= 0.6 is 0 Å². The first kappa shape index (κ1) is 20.4. The van der Waals surface area contributed by atoms with Gasteiger partial charge in [0.05, 0.1) is 6.54 Å². The zero-order valence-electron chi connectivity index (χ0n) is 17.8. The van der Waals surface area contributed by atoms with Gasteiger partial charge in [0.25, 0.3) is 0 Å². The van der Waals surface area contributed by atoms with Crippen LogP contribution < -0.4 is 0 Å². The molecule has 2 heterocycles. The monoisotopic (exact) mass is 370 g/mol. The molecule has 3 heteroatoms. The Morgan fingerprint density at radius 2 is 1.52 bits per heavy atom. The van der Waals surface area contributed by atoms with Gasteiger partial charge in [0, 0.05) is 13.1 Å². The number of amides is 1. The van der Waals surface area contributed by atoms with E-state index in [0.717, 1.165) is 38.0 Å². The molecule has 0 atom stereocenters. The van der Waals surface area contributed by atoms with Gasteiger partial charge >= 0.3 is 0 Å². The molecule has 0 radical (unpaired) electrons. The molecule has 0 aliphatic carbocycles. The highest BCUT2D eigenvalue weighted by Crippen LogP contribution is 2.29. The van der Waals surface area contributed by atoms with Gasteiger partial charge in [-0.05, 0) is 73.6 Å². The van der Waals surface area contributed by atoms with Crippen molar-refractivity contribution in [3.63, 3.8) is 0 Å². The Morgan fingerprint density at radius 1 is 0.926 bits per heavy atom. The summed E-state index contributed by atoms with van der Waals surface area (Å²) in [5, 5.41) is 0. The number of hydrogen-bond donors (Lipinski definition) is 0. The van der Waals surface area contributed by atoms with Crippen molar-refractivity contribution in [3.8, 4) is 0 Å². The maximum absolute atomic E-state index is 12.7. The van der Waals surface area contributed by atoms with E-state index in [9.17, 15) is 4.79 Å². The average molecular weight is 371 g/mol. The summed E-state index contributed by atoms with van der Waals surface area (Å²) in [5.41, 5.74) is 2.89. The van der Waals surface area contributed by atoms with Crippen LogP contribution in [0.4, 0.5) is 0 Å². The highest BCUT2D eigenvalue weighted by atomic mass is 16.2. The van der Waals surface area contributed by atoms with E-state index in [-0.39, 0.29) is 0 Å². The molecule has 2 aliphatic rings. The molecule has 2 fully saturated rings. The molecule has 1 aromatic carbocycles. The van der Waals surface area contributed by atoms with Crippen molar-refractivity contribution in [2.45, 2.75) is 65.2 Å². The fraction of sp³-hybridized carbons (Fsp3) is 0.708. The first-order valence-electron chi connectivity index (χ1n) is 11.0. The Morgan fingerprint density at radius 3 is 2.04 bits per heavy atom. The Labute approximate surface area is 166 Å². The summed E-state index contributed by atoms with van der Waals surface area (Å²) in [6.45, 7) is 13.7. The van der Waals surface area contributed by atoms with E-state index in [1.807, 2.05) is 0 Å². The molecule has 0 saturated carbocycles. The number of piperidine rings is 2. The van der Waals surface area contributed by atoms with Gasteiger partial charge in [0.15, 0.2) is 0 Å². The maximum atomic E-state index is 12.7. The maximum Gasteiger partial charge on any atom is 0.236 e. The summed E-state index contributed by atoms with van der Waals surface area (Å²) >= 11 is 0. The quantitative estimate of drug-likeness (QED) is 0.737. The number of benzene rings is 1. The Kier molecular flexibility index (Phi) is 6.97. The van der Waals surface area contributed by atoms with E-state index in [4.69, 9.17) is 0 Å². The van der Waals surface area contributed by atoms with Crippen LogP contribution in [0, 0.1) is 11.8 Å². The minimum Gasteiger partial charge on any atom is -0.342 e. The van der Waals surface area contributed by atoms with E-state index in [2.05, 4.69) is 61.8 Å². The van der Waals surface area contributed by atoms with E-state index < -0.39 is 0 Å². The zero-order chi connectivity index (χ0) is 19.4. The minimum atomic E-state index is 0.344. The van der Waals surface area contributed by atoms with Crippen molar-refractivity contribution in [2.24, 2.45) is 11.8 Å². The molecule has 0 spiro atoms. The van der Waals surface area contributed by atoms with Crippen LogP contribution in [0.5, 0.6) is 0 Å². The standard InChI is InChI=1S/C24H38N2O/c1-18(2)20-5-7-22(8-6-20)23-9-13-25(14-10-23)17-24(27)26-15-11-21(12-16-26)19(3)4/h5-8,18-19,21,23H,9-17H2,1-4H3. The van der Waals surface area contributed by atoms with Crippen LogP contribution in [0.15, 0.2) is 24.3 Å². The first-order valence-corrected chi connectivity index (χ1v) is 11.0. The molecule has 3 nitrogen and oxygen atoms in total. The SMILES string of the molecule is CC(C)c1ccc(C2CCN(CC(=O)N3CCC(C(C)C)CC3)CC2)cc1. The molecule has 0 aromatic heterocycles. The van der Waals surface area contributed by atoms with Crippen molar-refractivity contribution >= 4 is 5.91 Å². The Bertz CT molecular complexity index is 591. The minimum absolute atomic E-state index is 0.344. The van der Waals surface area contributed by atoms with E-state index in [0.29, 0.717) is 24.3 Å². The lowest BCUT2D eigenvalue weighted by Gasteiger charge is -2.36. The van der Waals surface area contributed by atoms with Gasteiger partial charge in [-0.25, -0.2) is 0 Å². The van der Waals surface area contributed by atoms with Crippen LogP contribution in [0.3, 0.4) is 0 Å². The van der Waals surface area contributed by atoms with E-state index in [1.54, 1.807) is 0 Å². The van der Waals surface area contributed by atoms with Gasteiger partial charge in [0.1, 0.15) is 0 Å². The molecule has 150 valence electrons. The zero-order valence-corrected chi connectivity index (χ0v) is 17.8. The summed E-state index contributed by atoms with van der Waals surface area (Å²) < 4.78 is 0. The highest BCUT2D eigenvalue weighted by molar-refractivity contribution is 5.78. The summed E-state index contributed by atoms with van der Waals surface area (Å²) in [4.78, 5) is 17.2. The van der Waals surface area contributed by atoms with Crippen molar-refractivity contribution in [2.75, 3.05) is 32.7 Å². The third-order valence-electron chi connectivity index (χ3n) is 6.86. The molecule has 27 heavy (non-hydrogen) atoms. The molecule has 2 aliphatic heterocycles. The summed E-state index contributed by atoms with van der Waals surface area (Å²) in [5.74, 6) is 3.14. The molecule has 1 amide bonds. The molecule has 3 rings (SSSR count). The van der Waals surface area contributed by atoms with Gasteiger partial charge in [-0.3, -0.25) is 9.69 Å². The normalized spacial score (nSPS) is 20.6. The number of carbonyl (C=O) groups is 1. The van der Waals surface area contributed by atoms with Crippen molar-refractivity contribution in [3.05, 3.63) is 35.4 Å². The fourth-order valence-electron chi connectivity index (χ4n) is 4.68. The first-order chi connectivity index (χ1) is 12.9. The topological polar surface area (TPSA) is 23.6 Å². The Hall–Kier alpha value is -1.35.